The third kappa shape index (κ3) is 3.62. The summed E-state index contributed by atoms with van der Waals surface area (Å²) in [6, 6.07) is 11.9. The average molecular weight is 382 g/mol. The molecule has 4 rings (SSSR count). The number of carbonyl (C=O) groups excluding carboxylic acids is 1. The van der Waals surface area contributed by atoms with Gasteiger partial charge in [0.15, 0.2) is 0 Å². The number of carbonyl (C=O) groups is 1. The Morgan fingerprint density at radius 3 is 2.59 bits per heavy atom. The minimum atomic E-state index is -0.0756. The predicted molar refractivity (Wildman–Crippen MR) is 110 cm³/mol. The zero-order chi connectivity index (χ0) is 18.8. The van der Waals surface area contributed by atoms with Gasteiger partial charge in [0.1, 0.15) is 15.5 Å². The Morgan fingerprint density at radius 1 is 1.15 bits per heavy atom. The third-order valence-corrected chi connectivity index (χ3v) is 6.24. The lowest BCUT2D eigenvalue weighted by Gasteiger charge is -2.22. The summed E-state index contributed by atoms with van der Waals surface area (Å²) in [7, 11) is 1.65. The van der Waals surface area contributed by atoms with Gasteiger partial charge in [0.25, 0.3) is 5.91 Å². The van der Waals surface area contributed by atoms with Crippen LogP contribution in [0.1, 0.15) is 41.8 Å². The van der Waals surface area contributed by atoms with Crippen LogP contribution in [0.3, 0.4) is 0 Å². The number of methoxy groups -OCH3 is 1. The van der Waals surface area contributed by atoms with Crippen LogP contribution in [0.4, 0.5) is 5.69 Å². The number of benzene rings is 1. The zero-order valence-electron chi connectivity index (χ0n) is 15.3. The van der Waals surface area contributed by atoms with Gasteiger partial charge in [0, 0.05) is 17.0 Å². The van der Waals surface area contributed by atoms with Crippen molar-refractivity contribution >= 4 is 33.1 Å². The molecular formula is C21H23N3O2S. The van der Waals surface area contributed by atoms with Gasteiger partial charge < -0.3 is 15.8 Å². The van der Waals surface area contributed by atoms with Crippen LogP contribution in [0.25, 0.3) is 21.5 Å². The quantitative estimate of drug-likeness (QED) is 0.691. The number of aromatic nitrogens is 1. The predicted octanol–water partition coefficient (Wildman–Crippen LogP) is 4.62. The number of nitrogens with two attached hydrogens (primary N) is 1. The molecule has 2 aromatic heterocycles. The molecule has 0 unspecified atom stereocenters. The molecule has 1 aliphatic carbocycles. The number of ether oxygens (including phenoxy) is 1. The summed E-state index contributed by atoms with van der Waals surface area (Å²) in [4.78, 5) is 18.8. The highest BCUT2D eigenvalue weighted by atomic mass is 32.1. The molecule has 1 aliphatic rings. The van der Waals surface area contributed by atoms with Gasteiger partial charge in [-0.1, -0.05) is 19.3 Å². The van der Waals surface area contributed by atoms with Gasteiger partial charge in [-0.25, -0.2) is 4.98 Å². The van der Waals surface area contributed by atoms with E-state index in [0.29, 0.717) is 10.6 Å². The fraction of sp³-hybridized carbons (Fsp3) is 0.333. The topological polar surface area (TPSA) is 77.2 Å². The van der Waals surface area contributed by atoms with E-state index in [-0.39, 0.29) is 11.9 Å². The van der Waals surface area contributed by atoms with E-state index in [4.69, 9.17) is 15.5 Å². The molecular weight excluding hydrogens is 358 g/mol. The molecule has 0 atom stereocenters. The molecule has 3 N–H and O–H groups in total. The monoisotopic (exact) mass is 381 g/mol. The number of hydrogen-bond donors (Lipinski definition) is 2. The summed E-state index contributed by atoms with van der Waals surface area (Å²) in [5, 5.41) is 3.98. The lowest BCUT2D eigenvalue weighted by atomic mass is 9.95. The number of nitrogens with one attached hydrogen (secondary N) is 1. The van der Waals surface area contributed by atoms with Crippen LogP contribution >= 0.6 is 11.3 Å². The van der Waals surface area contributed by atoms with Crippen LogP contribution in [-0.4, -0.2) is 24.0 Å². The highest BCUT2D eigenvalue weighted by Crippen LogP contribution is 2.34. The number of amides is 1. The number of anilines is 1. The number of nitrogen functional groups attached to an aromatic ring is 1. The molecule has 27 heavy (non-hydrogen) atoms. The molecule has 140 valence electrons. The molecule has 6 heteroatoms. The third-order valence-electron chi connectivity index (χ3n) is 5.13. The number of rotatable bonds is 4. The van der Waals surface area contributed by atoms with Gasteiger partial charge in [-0.3, -0.25) is 4.79 Å². The van der Waals surface area contributed by atoms with Crippen molar-refractivity contribution in [3.05, 3.63) is 41.3 Å². The SMILES string of the molecule is COc1ccc(-c2ccc3c(N)c(C(=O)NC4CCCCC4)sc3n2)cc1. The molecule has 1 amide bonds. The van der Waals surface area contributed by atoms with Crippen LogP contribution in [0.2, 0.25) is 0 Å². The number of hydrogen-bond acceptors (Lipinski definition) is 5. The number of nitrogens with zero attached hydrogens (tertiary/aromatic N) is 1. The Kier molecular flexibility index (Phi) is 4.99. The summed E-state index contributed by atoms with van der Waals surface area (Å²) in [6.45, 7) is 0. The van der Waals surface area contributed by atoms with E-state index in [1.807, 2.05) is 36.4 Å². The second-order valence-corrected chi connectivity index (χ2v) is 7.93. The van der Waals surface area contributed by atoms with Gasteiger partial charge in [-0.05, 0) is 49.2 Å². The molecule has 1 fully saturated rings. The Hall–Kier alpha value is -2.60. The van der Waals surface area contributed by atoms with Crippen molar-refractivity contribution in [2.75, 3.05) is 12.8 Å². The van der Waals surface area contributed by atoms with Crippen LogP contribution in [0.5, 0.6) is 5.75 Å². The fourth-order valence-corrected chi connectivity index (χ4v) is 4.58. The van der Waals surface area contributed by atoms with E-state index >= 15 is 0 Å². The Morgan fingerprint density at radius 2 is 1.89 bits per heavy atom. The van der Waals surface area contributed by atoms with Crippen molar-refractivity contribution in [3.63, 3.8) is 0 Å². The first-order valence-electron chi connectivity index (χ1n) is 9.30. The molecule has 1 aromatic carbocycles. The summed E-state index contributed by atoms with van der Waals surface area (Å²) >= 11 is 1.36. The number of fused-ring (bicyclic) bond motifs is 1. The van der Waals surface area contributed by atoms with Crippen LogP contribution in [0, 0.1) is 0 Å². The Bertz CT molecular complexity index is 959. The average Bonchev–Trinajstić information content (AvgIpc) is 3.05. The van der Waals surface area contributed by atoms with Crippen molar-refractivity contribution < 1.29 is 9.53 Å². The van der Waals surface area contributed by atoms with Crippen molar-refractivity contribution in [2.45, 2.75) is 38.1 Å². The van der Waals surface area contributed by atoms with Gasteiger partial charge in [0.2, 0.25) is 0 Å². The molecule has 2 heterocycles. The second-order valence-electron chi connectivity index (χ2n) is 6.93. The molecule has 3 aromatic rings. The maximum absolute atomic E-state index is 12.7. The maximum atomic E-state index is 12.7. The summed E-state index contributed by atoms with van der Waals surface area (Å²) in [5.41, 5.74) is 8.64. The fourth-order valence-electron chi connectivity index (χ4n) is 3.59. The molecule has 0 saturated heterocycles. The highest BCUT2D eigenvalue weighted by Gasteiger charge is 2.21. The van der Waals surface area contributed by atoms with Crippen LogP contribution < -0.4 is 15.8 Å². The van der Waals surface area contributed by atoms with Crippen molar-refractivity contribution in [3.8, 4) is 17.0 Å². The molecule has 0 spiro atoms. The molecule has 5 nitrogen and oxygen atoms in total. The van der Waals surface area contributed by atoms with E-state index in [1.54, 1.807) is 7.11 Å². The van der Waals surface area contributed by atoms with Gasteiger partial charge in [0.05, 0.1) is 18.5 Å². The normalized spacial score (nSPS) is 15.0. The van der Waals surface area contributed by atoms with Gasteiger partial charge in [-0.2, -0.15) is 0 Å². The molecule has 1 saturated carbocycles. The first-order valence-corrected chi connectivity index (χ1v) is 10.1. The number of thiophene rings is 1. The second kappa shape index (κ2) is 7.56. The van der Waals surface area contributed by atoms with E-state index < -0.39 is 0 Å². The van der Waals surface area contributed by atoms with Crippen LogP contribution in [0.15, 0.2) is 36.4 Å². The summed E-state index contributed by atoms with van der Waals surface area (Å²) < 4.78 is 5.20. The van der Waals surface area contributed by atoms with Crippen molar-refractivity contribution in [2.24, 2.45) is 0 Å². The van der Waals surface area contributed by atoms with E-state index in [9.17, 15) is 4.79 Å². The van der Waals surface area contributed by atoms with Crippen molar-refractivity contribution in [1.29, 1.82) is 0 Å². The van der Waals surface area contributed by atoms with Gasteiger partial charge >= 0.3 is 0 Å². The lowest BCUT2D eigenvalue weighted by molar-refractivity contribution is 0.0932. The first kappa shape index (κ1) is 17.8. The zero-order valence-corrected chi connectivity index (χ0v) is 16.1. The van der Waals surface area contributed by atoms with Crippen LogP contribution in [-0.2, 0) is 0 Å². The molecule has 0 radical (unpaired) electrons. The maximum Gasteiger partial charge on any atom is 0.263 e. The molecule has 0 aliphatic heterocycles. The van der Waals surface area contributed by atoms with E-state index in [1.165, 1.54) is 30.6 Å². The minimum absolute atomic E-state index is 0.0756. The Labute approximate surface area is 162 Å². The van der Waals surface area contributed by atoms with Gasteiger partial charge in [-0.15, -0.1) is 11.3 Å². The highest BCUT2D eigenvalue weighted by molar-refractivity contribution is 7.21. The standard InChI is InChI=1S/C21H23N3O2S/c1-26-15-9-7-13(8-10-15)17-12-11-16-18(22)19(27-21(16)24-17)20(25)23-14-5-3-2-4-6-14/h7-12,14H,2-6,22H2,1H3,(H,23,25). The van der Waals surface area contributed by atoms with E-state index in [2.05, 4.69) is 5.32 Å². The minimum Gasteiger partial charge on any atom is -0.497 e. The first-order chi connectivity index (χ1) is 13.2. The number of pyridine rings is 1. The largest absolute Gasteiger partial charge is 0.497 e. The lowest BCUT2D eigenvalue weighted by Crippen LogP contribution is -2.36. The summed E-state index contributed by atoms with van der Waals surface area (Å²) in [6.07, 6.45) is 5.72. The van der Waals surface area contributed by atoms with E-state index in [0.717, 1.165) is 40.1 Å². The summed E-state index contributed by atoms with van der Waals surface area (Å²) in [5.74, 6) is 0.732. The van der Waals surface area contributed by atoms with Crippen molar-refractivity contribution in [1.82, 2.24) is 10.3 Å². The molecule has 0 bridgehead atoms. The smallest absolute Gasteiger partial charge is 0.263 e. The Balaban J connectivity index is 1.61.